The van der Waals surface area contributed by atoms with Crippen molar-refractivity contribution in [2.75, 3.05) is 0 Å². The summed E-state index contributed by atoms with van der Waals surface area (Å²) in [5.41, 5.74) is 1.29. The van der Waals surface area contributed by atoms with Crippen molar-refractivity contribution in [2.24, 2.45) is 0 Å². The first-order valence-corrected chi connectivity index (χ1v) is 6.14. The Morgan fingerprint density at radius 2 is 1.89 bits per heavy atom. The Morgan fingerprint density at radius 3 is 2.67 bits per heavy atom. The van der Waals surface area contributed by atoms with Crippen molar-refractivity contribution in [1.82, 2.24) is 14.8 Å². The standard InChI is InChI=1S/C13H8BrN3O/c14-9-6-11-12(18)8-16-17(13(11)15-7-9)10-4-2-1-3-5-10/h1-8H. The molecule has 0 aliphatic rings. The van der Waals surface area contributed by atoms with Crippen LogP contribution in [0.5, 0.6) is 0 Å². The van der Waals surface area contributed by atoms with Gasteiger partial charge in [0.05, 0.1) is 17.3 Å². The van der Waals surface area contributed by atoms with E-state index in [2.05, 4.69) is 26.0 Å². The summed E-state index contributed by atoms with van der Waals surface area (Å²) in [6.07, 6.45) is 2.96. The summed E-state index contributed by atoms with van der Waals surface area (Å²) in [6, 6.07) is 11.4. The van der Waals surface area contributed by atoms with Gasteiger partial charge in [-0.15, -0.1) is 0 Å². The molecule has 0 aliphatic carbocycles. The highest BCUT2D eigenvalue weighted by Gasteiger charge is 2.07. The molecular weight excluding hydrogens is 294 g/mol. The van der Waals surface area contributed by atoms with Crippen LogP contribution in [0.15, 0.2) is 58.1 Å². The lowest BCUT2D eigenvalue weighted by atomic mass is 10.3. The highest BCUT2D eigenvalue weighted by atomic mass is 79.9. The predicted molar refractivity (Wildman–Crippen MR) is 72.8 cm³/mol. The van der Waals surface area contributed by atoms with Crippen molar-refractivity contribution in [3.63, 3.8) is 0 Å². The fourth-order valence-corrected chi connectivity index (χ4v) is 2.11. The molecule has 0 saturated carbocycles. The monoisotopic (exact) mass is 301 g/mol. The first-order chi connectivity index (χ1) is 8.75. The van der Waals surface area contributed by atoms with Crippen LogP contribution in [0.25, 0.3) is 16.7 Å². The lowest BCUT2D eigenvalue weighted by Crippen LogP contribution is -2.11. The summed E-state index contributed by atoms with van der Waals surface area (Å²) in [4.78, 5) is 16.0. The van der Waals surface area contributed by atoms with Crippen molar-refractivity contribution in [3.05, 3.63) is 63.5 Å². The molecule has 0 saturated heterocycles. The van der Waals surface area contributed by atoms with Crippen LogP contribution in [0.2, 0.25) is 0 Å². The number of hydrogen-bond acceptors (Lipinski definition) is 3. The zero-order chi connectivity index (χ0) is 12.5. The van der Waals surface area contributed by atoms with Crippen molar-refractivity contribution < 1.29 is 0 Å². The Bertz CT molecular complexity index is 768. The molecule has 0 fully saturated rings. The van der Waals surface area contributed by atoms with E-state index < -0.39 is 0 Å². The fourth-order valence-electron chi connectivity index (χ4n) is 1.77. The third-order valence-corrected chi connectivity index (χ3v) is 3.02. The summed E-state index contributed by atoms with van der Waals surface area (Å²) >= 11 is 3.32. The maximum Gasteiger partial charge on any atom is 0.209 e. The number of aromatic nitrogens is 3. The topological polar surface area (TPSA) is 47.8 Å². The van der Waals surface area contributed by atoms with Crippen LogP contribution in [-0.4, -0.2) is 14.8 Å². The zero-order valence-electron chi connectivity index (χ0n) is 9.25. The average molecular weight is 302 g/mol. The van der Waals surface area contributed by atoms with Crippen molar-refractivity contribution in [1.29, 1.82) is 0 Å². The van der Waals surface area contributed by atoms with E-state index in [1.165, 1.54) is 6.20 Å². The van der Waals surface area contributed by atoms with E-state index in [-0.39, 0.29) is 5.43 Å². The quantitative estimate of drug-likeness (QED) is 0.694. The maximum absolute atomic E-state index is 11.8. The normalized spacial score (nSPS) is 10.7. The number of benzene rings is 1. The minimum atomic E-state index is -0.133. The van der Waals surface area contributed by atoms with E-state index in [0.717, 1.165) is 10.2 Å². The Kier molecular flexibility index (Phi) is 2.68. The summed E-state index contributed by atoms with van der Waals surface area (Å²) in [5, 5.41) is 4.68. The third-order valence-electron chi connectivity index (χ3n) is 2.59. The van der Waals surface area contributed by atoms with Crippen molar-refractivity contribution in [3.8, 4) is 5.69 Å². The molecule has 18 heavy (non-hydrogen) atoms. The van der Waals surface area contributed by atoms with Gasteiger partial charge >= 0.3 is 0 Å². The first-order valence-electron chi connectivity index (χ1n) is 5.35. The molecule has 0 unspecified atom stereocenters. The Labute approximate surface area is 111 Å². The van der Waals surface area contributed by atoms with Crippen LogP contribution in [0.1, 0.15) is 0 Å². The average Bonchev–Trinajstić information content (AvgIpc) is 2.41. The molecule has 5 heteroatoms. The number of fused-ring (bicyclic) bond motifs is 1. The minimum absolute atomic E-state index is 0.133. The van der Waals surface area contributed by atoms with E-state index in [0.29, 0.717) is 11.0 Å². The number of pyridine rings is 1. The number of nitrogens with zero attached hydrogens (tertiary/aromatic N) is 3. The van der Waals surface area contributed by atoms with E-state index in [1.807, 2.05) is 30.3 Å². The lowest BCUT2D eigenvalue weighted by Gasteiger charge is -2.07. The van der Waals surface area contributed by atoms with Gasteiger partial charge in [0, 0.05) is 10.7 Å². The molecule has 0 bridgehead atoms. The fraction of sp³-hybridized carbons (Fsp3) is 0. The molecule has 3 rings (SSSR count). The van der Waals surface area contributed by atoms with Gasteiger partial charge in [-0.3, -0.25) is 4.79 Å². The van der Waals surface area contributed by atoms with Crippen LogP contribution in [0.4, 0.5) is 0 Å². The zero-order valence-corrected chi connectivity index (χ0v) is 10.8. The van der Waals surface area contributed by atoms with E-state index in [9.17, 15) is 4.79 Å². The molecular formula is C13H8BrN3O. The second-order valence-electron chi connectivity index (χ2n) is 3.78. The van der Waals surface area contributed by atoms with E-state index in [4.69, 9.17) is 0 Å². The summed E-state index contributed by atoms with van der Waals surface area (Å²) in [6.45, 7) is 0. The van der Waals surface area contributed by atoms with Crippen LogP contribution < -0.4 is 5.43 Å². The Hall–Kier alpha value is -2.01. The smallest absolute Gasteiger partial charge is 0.209 e. The van der Waals surface area contributed by atoms with Gasteiger partial charge in [-0.2, -0.15) is 5.10 Å². The highest BCUT2D eigenvalue weighted by molar-refractivity contribution is 9.10. The molecule has 0 atom stereocenters. The molecule has 0 N–H and O–H groups in total. The lowest BCUT2D eigenvalue weighted by molar-refractivity contribution is 0.863. The molecule has 0 spiro atoms. The summed E-state index contributed by atoms with van der Waals surface area (Å²) < 4.78 is 2.43. The largest absolute Gasteiger partial charge is 0.287 e. The molecule has 4 nitrogen and oxygen atoms in total. The summed E-state index contributed by atoms with van der Waals surface area (Å²) in [7, 11) is 0. The maximum atomic E-state index is 11.8. The molecule has 1 aromatic carbocycles. The molecule has 0 amide bonds. The van der Waals surface area contributed by atoms with Crippen LogP contribution in [-0.2, 0) is 0 Å². The Morgan fingerprint density at radius 1 is 1.11 bits per heavy atom. The second-order valence-corrected chi connectivity index (χ2v) is 4.70. The number of rotatable bonds is 1. The minimum Gasteiger partial charge on any atom is -0.287 e. The molecule has 3 aromatic rings. The first kappa shape index (κ1) is 11.1. The number of hydrogen-bond donors (Lipinski definition) is 0. The van der Waals surface area contributed by atoms with Gasteiger partial charge in [-0.25, -0.2) is 9.67 Å². The molecule has 88 valence electrons. The van der Waals surface area contributed by atoms with Gasteiger partial charge < -0.3 is 0 Å². The molecule has 2 heterocycles. The highest BCUT2D eigenvalue weighted by Crippen LogP contribution is 2.16. The van der Waals surface area contributed by atoms with Crippen LogP contribution >= 0.6 is 15.9 Å². The Balaban J connectivity index is 2.39. The van der Waals surface area contributed by atoms with Gasteiger partial charge in [0.2, 0.25) is 5.43 Å². The SMILES string of the molecule is O=c1cnn(-c2ccccc2)c2ncc(Br)cc12. The van der Waals surface area contributed by atoms with Crippen LogP contribution in [0, 0.1) is 0 Å². The molecule has 0 radical (unpaired) electrons. The summed E-state index contributed by atoms with van der Waals surface area (Å²) in [5.74, 6) is 0. The predicted octanol–water partition coefficient (Wildman–Crippen LogP) is 2.54. The van der Waals surface area contributed by atoms with Crippen LogP contribution in [0.3, 0.4) is 0 Å². The number of para-hydroxylation sites is 1. The van der Waals surface area contributed by atoms with Crippen molar-refractivity contribution >= 4 is 27.0 Å². The third kappa shape index (κ3) is 1.82. The second kappa shape index (κ2) is 4.34. The van der Waals surface area contributed by atoms with Crippen molar-refractivity contribution in [2.45, 2.75) is 0 Å². The van der Waals surface area contributed by atoms with Gasteiger partial charge in [0.15, 0.2) is 5.65 Å². The van der Waals surface area contributed by atoms with Gasteiger partial charge in [0.1, 0.15) is 0 Å². The number of halogens is 1. The van der Waals surface area contributed by atoms with E-state index in [1.54, 1.807) is 16.9 Å². The molecule has 0 aliphatic heterocycles. The van der Waals surface area contributed by atoms with E-state index >= 15 is 0 Å². The molecule has 2 aromatic heterocycles. The van der Waals surface area contributed by atoms with Gasteiger partial charge in [-0.05, 0) is 34.1 Å². The van der Waals surface area contributed by atoms with Gasteiger partial charge in [-0.1, -0.05) is 18.2 Å². The van der Waals surface area contributed by atoms with Gasteiger partial charge in [0.25, 0.3) is 0 Å².